The fraction of sp³-hybridized carbons (Fsp3) is 0.771. The van der Waals surface area contributed by atoms with E-state index in [-0.39, 0.29) is 0 Å². The molecule has 1 N–H and O–H groups in total. The number of anilines is 1. The van der Waals surface area contributed by atoms with Crippen molar-refractivity contribution in [3.8, 4) is 0 Å². The summed E-state index contributed by atoms with van der Waals surface area (Å²) in [6.45, 7) is 7.90. The van der Waals surface area contributed by atoms with Gasteiger partial charge in [0.2, 0.25) is 0 Å². The van der Waals surface area contributed by atoms with Crippen LogP contribution in [0.25, 0.3) is 11.0 Å². The normalized spacial score (nSPS) is 11.4. The Hall–Kier alpha value is -1.64. The van der Waals surface area contributed by atoms with Gasteiger partial charge in [0.05, 0.1) is 22.4 Å². The number of hydrogen-bond acceptors (Lipinski definition) is 3. The summed E-state index contributed by atoms with van der Waals surface area (Å²) in [5, 5.41) is 3.65. The zero-order valence-corrected chi connectivity index (χ0v) is 25.6. The number of rotatable bonds is 25. The molecule has 0 atom stereocenters. The van der Waals surface area contributed by atoms with Gasteiger partial charge in [0, 0.05) is 12.2 Å². The van der Waals surface area contributed by atoms with E-state index in [1.54, 1.807) is 0 Å². The van der Waals surface area contributed by atoms with E-state index in [1.165, 1.54) is 152 Å². The van der Waals surface area contributed by atoms with Crippen LogP contribution in [0.5, 0.6) is 0 Å². The highest BCUT2D eigenvalue weighted by atomic mass is 14.9. The molecule has 1 aromatic carbocycles. The summed E-state index contributed by atoms with van der Waals surface area (Å²) >= 11 is 0. The average molecular weight is 524 g/mol. The maximum Gasteiger partial charge on any atom is 0.0910 e. The number of hydrogen-bond donors (Lipinski definition) is 1. The van der Waals surface area contributed by atoms with Crippen LogP contribution in [0.2, 0.25) is 0 Å². The first-order valence-electron chi connectivity index (χ1n) is 16.8. The molecule has 3 nitrogen and oxygen atoms in total. The van der Waals surface area contributed by atoms with E-state index in [0.29, 0.717) is 0 Å². The molecule has 0 aliphatic carbocycles. The van der Waals surface area contributed by atoms with Crippen LogP contribution in [0.15, 0.2) is 18.2 Å². The molecular weight excluding hydrogens is 462 g/mol. The molecule has 2 rings (SSSR count). The number of unbranched alkanes of at least 4 members (excludes halogenated alkanes) is 18. The van der Waals surface area contributed by atoms with Gasteiger partial charge in [-0.25, -0.2) is 9.97 Å². The Bertz CT molecular complexity index is 831. The quantitative estimate of drug-likeness (QED) is 0.131. The SMILES string of the molecule is CCCCCCCCCCCCCCCNc1ccc2nc(CCCCCC)c(CCCCCC)nc2c1. The summed E-state index contributed by atoms with van der Waals surface area (Å²) in [7, 11) is 0. The Labute approximate surface area is 236 Å². The lowest BCUT2D eigenvalue weighted by molar-refractivity contribution is 0.541. The largest absolute Gasteiger partial charge is 0.385 e. The molecule has 0 bridgehead atoms. The molecular formula is C35H61N3. The van der Waals surface area contributed by atoms with Crippen molar-refractivity contribution in [3.63, 3.8) is 0 Å². The molecule has 0 saturated carbocycles. The van der Waals surface area contributed by atoms with Crippen molar-refractivity contribution in [1.29, 1.82) is 0 Å². The van der Waals surface area contributed by atoms with E-state index in [0.717, 1.165) is 30.4 Å². The molecule has 0 amide bonds. The molecule has 3 heteroatoms. The number of benzene rings is 1. The monoisotopic (exact) mass is 523 g/mol. The predicted molar refractivity (Wildman–Crippen MR) is 169 cm³/mol. The Kier molecular flexibility index (Phi) is 19.0. The van der Waals surface area contributed by atoms with E-state index >= 15 is 0 Å². The van der Waals surface area contributed by atoms with E-state index in [1.807, 2.05) is 0 Å². The lowest BCUT2D eigenvalue weighted by atomic mass is 10.0. The van der Waals surface area contributed by atoms with E-state index in [4.69, 9.17) is 9.97 Å². The highest BCUT2D eigenvalue weighted by Gasteiger charge is 2.10. The smallest absolute Gasteiger partial charge is 0.0910 e. The second-order valence-electron chi connectivity index (χ2n) is 11.6. The average Bonchev–Trinajstić information content (AvgIpc) is 2.93. The van der Waals surface area contributed by atoms with Crippen LogP contribution in [0, 0.1) is 0 Å². The minimum Gasteiger partial charge on any atom is -0.385 e. The van der Waals surface area contributed by atoms with Gasteiger partial charge in [0.15, 0.2) is 0 Å². The third-order valence-corrected chi connectivity index (χ3v) is 7.96. The first-order chi connectivity index (χ1) is 18.8. The topological polar surface area (TPSA) is 37.8 Å². The fourth-order valence-corrected chi connectivity index (χ4v) is 5.45. The fourth-order valence-electron chi connectivity index (χ4n) is 5.45. The van der Waals surface area contributed by atoms with Gasteiger partial charge >= 0.3 is 0 Å². The Morgan fingerprint density at radius 1 is 0.474 bits per heavy atom. The van der Waals surface area contributed by atoms with E-state index < -0.39 is 0 Å². The van der Waals surface area contributed by atoms with Crippen molar-refractivity contribution in [2.75, 3.05) is 11.9 Å². The van der Waals surface area contributed by atoms with Crippen LogP contribution in [-0.4, -0.2) is 16.5 Å². The third-order valence-electron chi connectivity index (χ3n) is 7.96. The zero-order chi connectivity index (χ0) is 27.1. The minimum absolute atomic E-state index is 1.05. The van der Waals surface area contributed by atoms with Crippen molar-refractivity contribution in [3.05, 3.63) is 29.6 Å². The van der Waals surface area contributed by atoms with Crippen molar-refractivity contribution in [2.45, 2.75) is 168 Å². The number of aryl methyl sites for hydroxylation is 2. The van der Waals surface area contributed by atoms with Gasteiger partial charge in [-0.15, -0.1) is 0 Å². The molecule has 0 aliphatic heterocycles. The van der Waals surface area contributed by atoms with Crippen molar-refractivity contribution >= 4 is 16.7 Å². The molecule has 1 heterocycles. The zero-order valence-electron chi connectivity index (χ0n) is 25.6. The minimum atomic E-state index is 1.05. The standard InChI is InChI=1S/C35H61N3/c1-4-7-10-13-14-15-16-17-18-19-20-21-24-29-36-31-27-28-34-35(30-31)38-33(26-23-12-9-6-3)32(37-34)25-22-11-8-5-2/h27-28,30,36H,4-26,29H2,1-3H3. The van der Waals surface area contributed by atoms with E-state index in [9.17, 15) is 0 Å². The van der Waals surface area contributed by atoms with Crippen molar-refractivity contribution in [2.24, 2.45) is 0 Å². The van der Waals surface area contributed by atoms with Crippen molar-refractivity contribution in [1.82, 2.24) is 9.97 Å². The molecule has 2 aromatic rings. The highest BCUT2D eigenvalue weighted by Crippen LogP contribution is 2.21. The number of aromatic nitrogens is 2. The van der Waals surface area contributed by atoms with Crippen LogP contribution in [0.1, 0.15) is 167 Å². The summed E-state index contributed by atoms with van der Waals surface area (Å²) in [4.78, 5) is 10.2. The molecule has 216 valence electrons. The second kappa shape index (κ2) is 22.2. The summed E-state index contributed by atoms with van der Waals surface area (Å²) in [5.41, 5.74) is 5.80. The first-order valence-corrected chi connectivity index (χ1v) is 16.8. The van der Waals surface area contributed by atoms with Crippen LogP contribution >= 0.6 is 0 Å². The molecule has 0 spiro atoms. The summed E-state index contributed by atoms with van der Waals surface area (Å²) in [6.07, 6.45) is 30.6. The molecule has 1 aromatic heterocycles. The van der Waals surface area contributed by atoms with Crippen molar-refractivity contribution < 1.29 is 0 Å². The van der Waals surface area contributed by atoms with Gasteiger partial charge in [0.1, 0.15) is 0 Å². The predicted octanol–water partition coefficient (Wildman–Crippen LogP) is 11.4. The van der Waals surface area contributed by atoms with Crippen LogP contribution in [0.4, 0.5) is 5.69 Å². The molecule has 38 heavy (non-hydrogen) atoms. The lowest BCUT2D eigenvalue weighted by Crippen LogP contribution is -2.05. The van der Waals surface area contributed by atoms with Gasteiger partial charge in [-0.05, 0) is 50.3 Å². The van der Waals surface area contributed by atoms with Gasteiger partial charge < -0.3 is 5.32 Å². The van der Waals surface area contributed by atoms with Crippen LogP contribution in [-0.2, 0) is 12.8 Å². The molecule has 0 radical (unpaired) electrons. The summed E-state index contributed by atoms with van der Waals surface area (Å²) in [6, 6.07) is 6.59. The lowest BCUT2D eigenvalue weighted by Gasteiger charge is -2.12. The first kappa shape index (κ1) is 32.6. The van der Waals surface area contributed by atoms with Crippen LogP contribution in [0.3, 0.4) is 0 Å². The van der Waals surface area contributed by atoms with Crippen LogP contribution < -0.4 is 5.32 Å². The van der Waals surface area contributed by atoms with Gasteiger partial charge in [-0.3, -0.25) is 0 Å². The third kappa shape index (κ3) is 14.5. The molecule has 0 aliphatic rings. The Balaban J connectivity index is 1.71. The van der Waals surface area contributed by atoms with Gasteiger partial charge in [-0.2, -0.15) is 0 Å². The number of nitrogens with zero attached hydrogens (tertiary/aromatic N) is 2. The van der Waals surface area contributed by atoms with Gasteiger partial charge in [0.25, 0.3) is 0 Å². The van der Waals surface area contributed by atoms with Gasteiger partial charge in [-0.1, -0.05) is 136 Å². The number of fused-ring (bicyclic) bond motifs is 1. The molecule has 0 saturated heterocycles. The highest BCUT2D eigenvalue weighted by molar-refractivity contribution is 5.79. The molecule has 0 unspecified atom stereocenters. The summed E-state index contributed by atoms with van der Waals surface area (Å²) in [5.74, 6) is 0. The second-order valence-corrected chi connectivity index (χ2v) is 11.6. The molecule has 0 fully saturated rings. The Morgan fingerprint density at radius 2 is 0.895 bits per heavy atom. The maximum atomic E-state index is 5.15. The Morgan fingerprint density at radius 3 is 1.39 bits per heavy atom. The van der Waals surface area contributed by atoms with E-state index in [2.05, 4.69) is 44.3 Å². The maximum absolute atomic E-state index is 5.15. The summed E-state index contributed by atoms with van der Waals surface area (Å²) < 4.78 is 0. The number of nitrogens with one attached hydrogen (secondary N) is 1.